The van der Waals surface area contributed by atoms with E-state index in [-0.39, 0.29) is 16.1 Å². The maximum atomic E-state index is 13.2. The van der Waals surface area contributed by atoms with Crippen LogP contribution < -0.4 is 9.62 Å². The second kappa shape index (κ2) is 13.0. The summed E-state index contributed by atoms with van der Waals surface area (Å²) in [6.45, 7) is 5.11. The van der Waals surface area contributed by atoms with Crippen molar-refractivity contribution in [2.75, 3.05) is 22.7 Å². The number of carboxylic acids is 2. The molecule has 2 heterocycles. The Bertz CT molecular complexity index is 1470. The van der Waals surface area contributed by atoms with Crippen molar-refractivity contribution in [1.29, 1.82) is 0 Å². The van der Waals surface area contributed by atoms with Crippen LogP contribution in [0.15, 0.2) is 65.7 Å². The quantitative estimate of drug-likeness (QED) is 0.336. The summed E-state index contributed by atoms with van der Waals surface area (Å²) in [4.78, 5) is 27.0. The second-order valence-electron chi connectivity index (χ2n) is 9.75. The van der Waals surface area contributed by atoms with Gasteiger partial charge in [-0.3, -0.25) is 4.72 Å². The minimum Gasteiger partial charge on any atom is -0.478 e. The lowest BCUT2D eigenvalue weighted by atomic mass is 9.90. The van der Waals surface area contributed by atoms with Crippen LogP contribution in [0.5, 0.6) is 0 Å². The van der Waals surface area contributed by atoms with Crippen LogP contribution in [0, 0.1) is 19.8 Å². The molecule has 1 aliphatic heterocycles. The lowest BCUT2D eigenvalue weighted by molar-refractivity contribution is -0.192. The van der Waals surface area contributed by atoms with Crippen LogP contribution in [0.4, 0.5) is 24.7 Å². The highest BCUT2D eigenvalue weighted by atomic mass is 32.2. The van der Waals surface area contributed by atoms with E-state index in [9.17, 15) is 31.5 Å². The molecule has 2 aromatic carbocycles. The molecule has 0 radical (unpaired) electrons. The van der Waals surface area contributed by atoms with Crippen LogP contribution in [0.2, 0.25) is 0 Å². The van der Waals surface area contributed by atoms with Gasteiger partial charge in [-0.05, 0) is 73.9 Å². The van der Waals surface area contributed by atoms with Crippen molar-refractivity contribution >= 4 is 33.5 Å². The number of benzene rings is 2. The highest BCUT2D eigenvalue weighted by molar-refractivity contribution is 7.92. The molecule has 0 amide bonds. The van der Waals surface area contributed by atoms with Crippen molar-refractivity contribution in [2.45, 2.75) is 44.2 Å². The van der Waals surface area contributed by atoms with Crippen LogP contribution in [0.25, 0.3) is 0 Å². The number of pyridine rings is 1. The number of carboxylic acid groups (broad SMARTS) is 2. The number of aromatic carboxylic acids is 1. The van der Waals surface area contributed by atoms with Gasteiger partial charge in [0.15, 0.2) is 5.82 Å². The molecular weight excluding hydrogens is 563 g/mol. The number of piperidine rings is 1. The fraction of sp³-hybridized carbons (Fsp3) is 0.321. The lowest BCUT2D eigenvalue weighted by Crippen LogP contribution is -2.35. The number of aryl methyl sites for hydroxylation is 2. The number of aromatic nitrogens is 1. The van der Waals surface area contributed by atoms with Gasteiger partial charge in [0, 0.05) is 19.3 Å². The molecule has 3 aromatic rings. The van der Waals surface area contributed by atoms with E-state index in [4.69, 9.17) is 9.90 Å². The summed E-state index contributed by atoms with van der Waals surface area (Å²) >= 11 is 0. The van der Waals surface area contributed by atoms with Gasteiger partial charge < -0.3 is 15.1 Å². The molecule has 0 spiro atoms. The van der Waals surface area contributed by atoms with Gasteiger partial charge in [-0.25, -0.2) is 23.0 Å². The minimum atomic E-state index is -5.08. The van der Waals surface area contributed by atoms with Crippen molar-refractivity contribution in [3.05, 3.63) is 83.0 Å². The SMILES string of the molecule is Cc1cc(C)cc(S(=O)(=O)Nc2cc(C(=O)O)cnc2N2CCC(Cc3ccccc3)CC2)c1.O=C(O)C(F)(F)F. The Labute approximate surface area is 235 Å². The second-order valence-corrected chi connectivity index (χ2v) is 11.4. The lowest BCUT2D eigenvalue weighted by Gasteiger charge is -2.34. The molecule has 0 saturated carbocycles. The molecule has 1 aliphatic rings. The maximum absolute atomic E-state index is 13.2. The number of hydrogen-bond donors (Lipinski definition) is 3. The number of carbonyl (C=O) groups is 2. The number of aliphatic carboxylic acids is 1. The minimum absolute atomic E-state index is 0.0687. The number of nitrogens with zero attached hydrogens (tertiary/aromatic N) is 2. The largest absolute Gasteiger partial charge is 0.490 e. The molecule has 0 aliphatic carbocycles. The van der Waals surface area contributed by atoms with Crippen molar-refractivity contribution in [2.24, 2.45) is 5.92 Å². The molecular formula is C28H30F3N3O6S. The first kappa shape index (κ1) is 31.4. The molecule has 1 fully saturated rings. The zero-order valence-electron chi connectivity index (χ0n) is 22.4. The topological polar surface area (TPSA) is 137 Å². The van der Waals surface area contributed by atoms with Gasteiger partial charge >= 0.3 is 18.1 Å². The smallest absolute Gasteiger partial charge is 0.478 e. The van der Waals surface area contributed by atoms with E-state index in [2.05, 4.69) is 21.8 Å². The first-order chi connectivity index (χ1) is 19.2. The fourth-order valence-corrected chi connectivity index (χ4v) is 5.73. The third-order valence-corrected chi connectivity index (χ3v) is 7.73. The molecule has 13 heteroatoms. The Morgan fingerprint density at radius 2 is 1.56 bits per heavy atom. The molecule has 3 N–H and O–H groups in total. The van der Waals surface area contributed by atoms with Crippen LogP contribution in [0.3, 0.4) is 0 Å². The fourth-order valence-electron chi connectivity index (χ4n) is 4.49. The monoisotopic (exact) mass is 593 g/mol. The van der Waals surface area contributed by atoms with Crippen LogP contribution >= 0.6 is 0 Å². The molecule has 1 saturated heterocycles. The zero-order valence-corrected chi connectivity index (χ0v) is 23.2. The van der Waals surface area contributed by atoms with Gasteiger partial charge in [-0.1, -0.05) is 36.4 Å². The molecule has 41 heavy (non-hydrogen) atoms. The van der Waals surface area contributed by atoms with E-state index < -0.39 is 28.1 Å². The molecule has 0 unspecified atom stereocenters. The third kappa shape index (κ3) is 8.93. The number of hydrogen-bond acceptors (Lipinski definition) is 6. The van der Waals surface area contributed by atoms with Gasteiger partial charge in [-0.15, -0.1) is 0 Å². The predicted octanol–water partition coefficient (Wildman–Crippen LogP) is 5.29. The van der Waals surface area contributed by atoms with Crippen molar-refractivity contribution < 1.29 is 41.4 Å². The summed E-state index contributed by atoms with van der Waals surface area (Å²) in [6, 6.07) is 16.8. The van der Waals surface area contributed by atoms with E-state index in [1.165, 1.54) is 17.8 Å². The van der Waals surface area contributed by atoms with Gasteiger partial charge in [-0.2, -0.15) is 13.2 Å². The molecule has 220 valence electrons. The first-order valence-corrected chi connectivity index (χ1v) is 14.1. The summed E-state index contributed by atoms with van der Waals surface area (Å²) in [5, 5.41) is 16.6. The van der Waals surface area contributed by atoms with Crippen molar-refractivity contribution in [3.63, 3.8) is 0 Å². The maximum Gasteiger partial charge on any atom is 0.490 e. The van der Waals surface area contributed by atoms with Crippen molar-refractivity contribution in [3.8, 4) is 0 Å². The van der Waals surface area contributed by atoms with E-state index >= 15 is 0 Å². The van der Waals surface area contributed by atoms with Crippen LogP contribution in [0.1, 0.15) is 39.9 Å². The number of alkyl halides is 3. The van der Waals surface area contributed by atoms with E-state index in [1.807, 2.05) is 43.0 Å². The number of nitrogens with one attached hydrogen (secondary N) is 1. The van der Waals surface area contributed by atoms with Gasteiger partial charge in [0.05, 0.1) is 16.1 Å². The summed E-state index contributed by atoms with van der Waals surface area (Å²) in [5.41, 5.74) is 3.09. The average molecular weight is 594 g/mol. The van der Waals surface area contributed by atoms with Gasteiger partial charge in [0.1, 0.15) is 0 Å². The summed E-state index contributed by atoms with van der Waals surface area (Å²) in [5.74, 6) is -2.93. The van der Waals surface area contributed by atoms with Gasteiger partial charge in [0.25, 0.3) is 10.0 Å². The Morgan fingerprint density at radius 3 is 2.07 bits per heavy atom. The normalized spacial score (nSPS) is 14.1. The van der Waals surface area contributed by atoms with E-state index in [1.54, 1.807) is 12.1 Å². The number of rotatable bonds is 7. The first-order valence-electron chi connectivity index (χ1n) is 12.6. The highest BCUT2D eigenvalue weighted by Gasteiger charge is 2.38. The summed E-state index contributed by atoms with van der Waals surface area (Å²) in [7, 11) is -3.92. The molecule has 4 rings (SSSR count). The Balaban J connectivity index is 0.000000587. The van der Waals surface area contributed by atoms with Crippen LogP contribution in [-0.2, 0) is 21.2 Å². The standard InChI is InChI=1S/C26H29N3O4S.C2HF3O2/c1-18-12-19(2)14-23(13-18)34(32,33)28-24-16-22(26(30)31)17-27-25(24)29-10-8-21(9-11-29)15-20-6-4-3-5-7-20;3-2(4,5)1(6)7/h3-7,12-14,16-17,21,28H,8-11,15H2,1-2H3,(H,30,31);(H,6,7). The van der Waals surface area contributed by atoms with Crippen LogP contribution in [-0.4, -0.2) is 54.8 Å². The Hall–Kier alpha value is -4.13. The Morgan fingerprint density at radius 1 is 1.00 bits per heavy atom. The third-order valence-electron chi connectivity index (χ3n) is 6.39. The summed E-state index contributed by atoms with van der Waals surface area (Å²) in [6.07, 6.45) is -0.907. The molecule has 0 atom stereocenters. The zero-order chi connectivity index (χ0) is 30.4. The van der Waals surface area contributed by atoms with Crippen molar-refractivity contribution in [1.82, 2.24) is 4.98 Å². The predicted molar refractivity (Wildman–Crippen MR) is 147 cm³/mol. The average Bonchev–Trinajstić information content (AvgIpc) is 2.89. The molecule has 9 nitrogen and oxygen atoms in total. The highest BCUT2D eigenvalue weighted by Crippen LogP contribution is 2.32. The molecule has 0 bridgehead atoms. The molecule has 1 aromatic heterocycles. The van der Waals surface area contributed by atoms with E-state index in [0.717, 1.165) is 43.5 Å². The number of sulfonamides is 1. The Kier molecular flexibility index (Phi) is 9.97. The number of halogens is 3. The van der Waals surface area contributed by atoms with E-state index in [0.29, 0.717) is 11.7 Å². The van der Waals surface area contributed by atoms with Gasteiger partial charge in [0.2, 0.25) is 0 Å². The number of anilines is 2. The summed E-state index contributed by atoms with van der Waals surface area (Å²) < 4.78 is 60.7.